The molecule has 6 heteroatoms. The molecule has 1 aromatic carbocycles. The van der Waals surface area contributed by atoms with Gasteiger partial charge in [0, 0.05) is 24.4 Å². The summed E-state index contributed by atoms with van der Waals surface area (Å²) < 4.78 is 11.2. The van der Waals surface area contributed by atoms with Crippen LogP contribution in [-0.2, 0) is 11.2 Å². The van der Waals surface area contributed by atoms with Crippen molar-refractivity contribution in [1.82, 2.24) is 15.1 Å². The van der Waals surface area contributed by atoms with Crippen molar-refractivity contribution >= 4 is 5.91 Å². The summed E-state index contributed by atoms with van der Waals surface area (Å²) in [5.41, 5.74) is 2.06. The van der Waals surface area contributed by atoms with Gasteiger partial charge in [0.1, 0.15) is 5.76 Å². The van der Waals surface area contributed by atoms with Crippen molar-refractivity contribution in [2.24, 2.45) is 0 Å². The molecule has 2 aromatic heterocycles. The Morgan fingerprint density at radius 1 is 1.22 bits per heavy atom. The van der Waals surface area contributed by atoms with Crippen LogP contribution < -0.4 is 0 Å². The monoisotopic (exact) mass is 365 g/mol. The Kier molecular flexibility index (Phi) is 4.79. The second kappa shape index (κ2) is 7.39. The number of amides is 1. The summed E-state index contributed by atoms with van der Waals surface area (Å²) >= 11 is 0. The first-order chi connectivity index (χ1) is 13.1. The third kappa shape index (κ3) is 3.94. The number of carbonyl (C=O) groups excluding carboxylic acids is 1. The largest absolute Gasteiger partial charge is 0.467 e. The molecule has 1 fully saturated rings. The van der Waals surface area contributed by atoms with E-state index in [0.717, 1.165) is 24.2 Å². The Bertz CT molecular complexity index is 895. The zero-order valence-electron chi connectivity index (χ0n) is 15.6. The summed E-state index contributed by atoms with van der Waals surface area (Å²) in [5, 5.41) is 8.20. The van der Waals surface area contributed by atoms with Gasteiger partial charge in [-0.05, 0) is 51.0 Å². The quantitative estimate of drug-likeness (QED) is 0.623. The third-order valence-electron chi connectivity index (χ3n) is 4.92. The van der Waals surface area contributed by atoms with E-state index >= 15 is 0 Å². The van der Waals surface area contributed by atoms with Gasteiger partial charge in [-0.25, -0.2) is 0 Å². The maximum absolute atomic E-state index is 12.8. The predicted molar refractivity (Wildman–Crippen MR) is 99.8 cm³/mol. The molecule has 1 aliphatic rings. The van der Waals surface area contributed by atoms with Crippen LogP contribution in [0.15, 0.2) is 51.5 Å². The van der Waals surface area contributed by atoms with E-state index in [1.807, 2.05) is 55.1 Å². The van der Waals surface area contributed by atoms with Crippen LogP contribution >= 0.6 is 0 Å². The Balaban J connectivity index is 1.40. The minimum absolute atomic E-state index is 0.0641. The Labute approximate surface area is 158 Å². The second-order valence-electron chi connectivity index (χ2n) is 7.09. The maximum Gasteiger partial charge on any atom is 0.247 e. The first-order valence-electron chi connectivity index (χ1n) is 9.36. The number of aromatic nitrogens is 2. The summed E-state index contributed by atoms with van der Waals surface area (Å²) in [7, 11) is 0. The van der Waals surface area contributed by atoms with Gasteiger partial charge in [0.15, 0.2) is 0 Å². The van der Waals surface area contributed by atoms with Gasteiger partial charge < -0.3 is 13.7 Å². The lowest BCUT2D eigenvalue weighted by atomic mass is 10.1. The summed E-state index contributed by atoms with van der Waals surface area (Å²) in [6, 6.07) is 11.9. The molecule has 6 nitrogen and oxygen atoms in total. The summed E-state index contributed by atoms with van der Waals surface area (Å²) in [6.07, 6.45) is 4.53. The lowest BCUT2D eigenvalue weighted by molar-refractivity contribution is -0.134. The van der Waals surface area contributed by atoms with Crippen LogP contribution in [0.4, 0.5) is 0 Å². The van der Waals surface area contributed by atoms with E-state index < -0.39 is 0 Å². The molecule has 1 atom stereocenters. The van der Waals surface area contributed by atoms with Crippen LogP contribution in [0.3, 0.4) is 0 Å². The molecular formula is C21H23N3O3. The lowest BCUT2D eigenvalue weighted by Crippen LogP contribution is -2.35. The molecule has 0 saturated heterocycles. The maximum atomic E-state index is 12.8. The third-order valence-corrected chi connectivity index (χ3v) is 4.92. The number of hydrogen-bond donors (Lipinski definition) is 0. The Morgan fingerprint density at radius 2 is 2.00 bits per heavy atom. The lowest BCUT2D eigenvalue weighted by Gasteiger charge is -2.28. The van der Waals surface area contributed by atoms with Crippen molar-refractivity contribution in [2.75, 3.05) is 0 Å². The van der Waals surface area contributed by atoms with Gasteiger partial charge in [0.05, 0.1) is 12.3 Å². The van der Waals surface area contributed by atoms with Crippen molar-refractivity contribution in [3.8, 4) is 11.5 Å². The van der Waals surface area contributed by atoms with E-state index in [0.29, 0.717) is 30.7 Å². The van der Waals surface area contributed by atoms with Gasteiger partial charge in [-0.3, -0.25) is 4.79 Å². The highest BCUT2D eigenvalue weighted by atomic mass is 16.4. The number of rotatable bonds is 7. The highest BCUT2D eigenvalue weighted by Crippen LogP contribution is 2.35. The average molecular weight is 365 g/mol. The van der Waals surface area contributed by atoms with E-state index in [9.17, 15) is 4.79 Å². The van der Waals surface area contributed by atoms with Gasteiger partial charge in [-0.2, -0.15) is 0 Å². The smallest absolute Gasteiger partial charge is 0.247 e. The highest BCUT2D eigenvalue weighted by Gasteiger charge is 2.36. The molecule has 0 aliphatic heterocycles. The summed E-state index contributed by atoms with van der Waals surface area (Å²) in [4.78, 5) is 14.8. The highest BCUT2D eigenvalue weighted by molar-refractivity contribution is 5.77. The van der Waals surface area contributed by atoms with Crippen LogP contribution in [0.2, 0.25) is 0 Å². The summed E-state index contributed by atoms with van der Waals surface area (Å²) in [6.45, 7) is 4.04. The SMILES string of the molecule is Cc1ccc(-c2nnc(CCC(=O)N(C3CC3)C(C)c3ccco3)o2)cc1. The fourth-order valence-corrected chi connectivity index (χ4v) is 3.27. The van der Waals surface area contributed by atoms with Gasteiger partial charge in [-0.15, -0.1) is 10.2 Å². The standard InChI is InChI=1S/C21H23N3O3/c1-14-5-7-16(8-6-14)21-23-22-19(27-21)11-12-20(25)24(17-9-10-17)15(2)18-4-3-13-26-18/h3-8,13,15,17H,9-12H2,1-2H3. The van der Waals surface area contributed by atoms with Crippen LogP contribution in [0.5, 0.6) is 0 Å². The van der Waals surface area contributed by atoms with E-state index in [4.69, 9.17) is 8.83 Å². The first kappa shape index (κ1) is 17.5. The fourth-order valence-electron chi connectivity index (χ4n) is 3.27. The van der Waals surface area contributed by atoms with Gasteiger partial charge in [0.2, 0.25) is 17.7 Å². The normalized spacial score (nSPS) is 14.9. The molecule has 0 radical (unpaired) electrons. The zero-order valence-corrected chi connectivity index (χ0v) is 15.6. The molecule has 27 heavy (non-hydrogen) atoms. The van der Waals surface area contributed by atoms with Gasteiger partial charge >= 0.3 is 0 Å². The van der Waals surface area contributed by atoms with Gasteiger partial charge in [0.25, 0.3) is 0 Å². The molecule has 0 bridgehead atoms. The molecule has 1 amide bonds. The number of carbonyl (C=O) groups is 1. The minimum atomic E-state index is -0.0641. The predicted octanol–water partition coefficient (Wildman–Crippen LogP) is 4.32. The van der Waals surface area contributed by atoms with Crippen LogP contribution in [0.25, 0.3) is 11.5 Å². The molecule has 0 spiro atoms. The molecule has 2 heterocycles. The molecule has 140 valence electrons. The van der Waals surface area contributed by atoms with Crippen LogP contribution in [-0.4, -0.2) is 27.0 Å². The van der Waals surface area contributed by atoms with Crippen molar-refractivity contribution < 1.29 is 13.6 Å². The van der Waals surface area contributed by atoms with E-state index in [-0.39, 0.29) is 11.9 Å². The zero-order chi connectivity index (χ0) is 18.8. The van der Waals surface area contributed by atoms with E-state index in [1.165, 1.54) is 5.56 Å². The number of hydrogen-bond acceptors (Lipinski definition) is 5. The Hall–Kier alpha value is -2.89. The van der Waals surface area contributed by atoms with Gasteiger partial charge in [-0.1, -0.05) is 17.7 Å². The minimum Gasteiger partial charge on any atom is -0.467 e. The van der Waals surface area contributed by atoms with Crippen LogP contribution in [0.1, 0.15) is 49.4 Å². The topological polar surface area (TPSA) is 72.4 Å². The number of aryl methyl sites for hydroxylation is 2. The molecular weight excluding hydrogens is 342 g/mol. The molecule has 4 rings (SSSR count). The van der Waals surface area contributed by atoms with Crippen molar-refractivity contribution in [3.05, 3.63) is 59.9 Å². The average Bonchev–Trinajstić information content (AvgIpc) is 3.16. The molecule has 3 aromatic rings. The number of nitrogens with zero attached hydrogens (tertiary/aromatic N) is 3. The first-order valence-corrected chi connectivity index (χ1v) is 9.36. The van der Waals surface area contributed by atoms with E-state index in [1.54, 1.807) is 6.26 Å². The molecule has 1 saturated carbocycles. The fraction of sp³-hybridized carbons (Fsp3) is 0.381. The van der Waals surface area contributed by atoms with Crippen molar-refractivity contribution in [2.45, 2.75) is 51.6 Å². The molecule has 1 aliphatic carbocycles. The Morgan fingerprint density at radius 3 is 2.67 bits per heavy atom. The second-order valence-corrected chi connectivity index (χ2v) is 7.09. The summed E-state index contributed by atoms with van der Waals surface area (Å²) in [5.74, 6) is 1.88. The van der Waals surface area contributed by atoms with Crippen molar-refractivity contribution in [3.63, 3.8) is 0 Å². The number of furan rings is 1. The molecule has 0 N–H and O–H groups in total. The van der Waals surface area contributed by atoms with Crippen molar-refractivity contribution in [1.29, 1.82) is 0 Å². The number of benzene rings is 1. The van der Waals surface area contributed by atoms with Crippen LogP contribution in [0, 0.1) is 6.92 Å². The molecule has 1 unspecified atom stereocenters. The van der Waals surface area contributed by atoms with E-state index in [2.05, 4.69) is 10.2 Å².